The van der Waals surface area contributed by atoms with Crippen molar-refractivity contribution in [2.75, 3.05) is 26.2 Å². The van der Waals surface area contributed by atoms with Crippen LogP contribution in [0.2, 0.25) is 0 Å². The van der Waals surface area contributed by atoms with Crippen LogP contribution in [-0.4, -0.2) is 54.9 Å². The summed E-state index contributed by atoms with van der Waals surface area (Å²) in [6.07, 6.45) is 2.57. The summed E-state index contributed by atoms with van der Waals surface area (Å²) in [4.78, 5) is 39.4. The molecule has 8 nitrogen and oxygen atoms in total. The number of hydrogen-bond acceptors (Lipinski definition) is 5. The van der Waals surface area contributed by atoms with Gasteiger partial charge in [0.15, 0.2) is 0 Å². The third-order valence-corrected chi connectivity index (χ3v) is 5.53. The third-order valence-electron chi connectivity index (χ3n) is 5.53. The van der Waals surface area contributed by atoms with Crippen LogP contribution in [0, 0.1) is 0 Å². The van der Waals surface area contributed by atoms with E-state index < -0.39 is 17.9 Å². The van der Waals surface area contributed by atoms with E-state index in [1.54, 1.807) is 4.90 Å². The molecular formula is C27H38N4O4. The molecule has 0 bridgehead atoms. The minimum Gasteiger partial charge on any atom is -0.375 e. The van der Waals surface area contributed by atoms with Crippen LogP contribution in [0.1, 0.15) is 75.8 Å². The number of nitrogens with one attached hydrogen (secondary N) is 1. The largest absolute Gasteiger partial charge is 0.375 e. The lowest BCUT2D eigenvalue weighted by Crippen LogP contribution is -2.40. The number of primary amides is 1. The molecule has 0 aromatic heterocycles. The zero-order chi connectivity index (χ0) is 25.8. The molecule has 0 fully saturated rings. The maximum absolute atomic E-state index is 13.0. The van der Waals surface area contributed by atoms with Crippen LogP contribution < -0.4 is 16.8 Å². The Hall–Kier alpha value is -3.23. The highest BCUT2D eigenvalue weighted by atomic mass is 16.5. The van der Waals surface area contributed by atoms with Gasteiger partial charge in [0.05, 0.1) is 13.2 Å². The lowest BCUT2D eigenvalue weighted by atomic mass is 10.0. The summed E-state index contributed by atoms with van der Waals surface area (Å²) >= 11 is 0. The van der Waals surface area contributed by atoms with E-state index in [4.69, 9.17) is 16.2 Å². The lowest BCUT2D eigenvalue weighted by molar-refractivity contribution is 0.0755. The zero-order valence-corrected chi connectivity index (χ0v) is 21.0. The molecule has 8 heteroatoms. The van der Waals surface area contributed by atoms with E-state index in [2.05, 4.69) is 24.4 Å². The molecule has 2 rings (SSSR count). The number of rotatable bonds is 14. The Morgan fingerprint density at radius 2 is 1.57 bits per heavy atom. The second kappa shape index (κ2) is 14.2. The lowest BCUT2D eigenvalue weighted by Gasteiger charge is -2.22. The number of amides is 3. The van der Waals surface area contributed by atoms with E-state index in [0.717, 1.165) is 24.8 Å². The molecule has 3 amide bonds. The third kappa shape index (κ3) is 8.81. The molecule has 0 spiro atoms. The average Bonchev–Trinajstić information content (AvgIpc) is 2.86. The molecule has 35 heavy (non-hydrogen) atoms. The van der Waals surface area contributed by atoms with Gasteiger partial charge >= 0.3 is 0 Å². The number of ether oxygens (including phenoxy) is 1. The second-order valence-electron chi connectivity index (χ2n) is 8.61. The molecule has 0 aliphatic carbocycles. The van der Waals surface area contributed by atoms with Crippen molar-refractivity contribution in [3.05, 3.63) is 70.3 Å². The standard InChI is InChI=1S/C27H38N4O4/c1-4-10-31(11-5-2)27(34)23-14-21(25(29)32)13-22(15-23)26(33)30-16-24(28)18-35-17-20-9-7-8-19(6-3)12-20/h7-9,12-15,24H,4-6,10-11,16-18,28H2,1-3H3,(H2,29,32)(H,30,33). The fourth-order valence-corrected chi connectivity index (χ4v) is 3.71. The van der Waals surface area contributed by atoms with Crippen molar-refractivity contribution in [3.8, 4) is 0 Å². The summed E-state index contributed by atoms with van der Waals surface area (Å²) < 4.78 is 5.70. The number of nitrogens with zero attached hydrogens (tertiary/aromatic N) is 1. The van der Waals surface area contributed by atoms with E-state index >= 15 is 0 Å². The number of aryl methyl sites for hydroxylation is 1. The Morgan fingerprint density at radius 1 is 0.943 bits per heavy atom. The molecule has 2 aromatic carbocycles. The van der Waals surface area contributed by atoms with Gasteiger partial charge < -0.3 is 26.4 Å². The van der Waals surface area contributed by atoms with Gasteiger partial charge in [-0.15, -0.1) is 0 Å². The van der Waals surface area contributed by atoms with Crippen LogP contribution in [0.3, 0.4) is 0 Å². The number of carbonyl (C=O) groups is 3. The summed E-state index contributed by atoms with van der Waals surface area (Å²) in [6.45, 7) is 8.14. The Kier molecular flexibility index (Phi) is 11.4. The number of nitrogens with two attached hydrogens (primary N) is 2. The van der Waals surface area contributed by atoms with Crippen LogP contribution >= 0.6 is 0 Å². The van der Waals surface area contributed by atoms with Gasteiger partial charge in [-0.2, -0.15) is 0 Å². The molecule has 2 aromatic rings. The van der Waals surface area contributed by atoms with Crippen molar-refractivity contribution in [1.82, 2.24) is 10.2 Å². The fraction of sp³-hybridized carbons (Fsp3) is 0.444. The first-order valence-electron chi connectivity index (χ1n) is 12.2. The highest BCUT2D eigenvalue weighted by molar-refractivity contribution is 6.04. The minimum absolute atomic E-state index is 0.107. The normalized spacial score (nSPS) is 11.7. The van der Waals surface area contributed by atoms with Gasteiger partial charge in [-0.05, 0) is 48.6 Å². The Bertz CT molecular complexity index is 1000. The van der Waals surface area contributed by atoms with Crippen LogP contribution in [0.25, 0.3) is 0 Å². The van der Waals surface area contributed by atoms with Gasteiger partial charge in [-0.3, -0.25) is 14.4 Å². The van der Waals surface area contributed by atoms with E-state index in [1.165, 1.54) is 23.8 Å². The molecular weight excluding hydrogens is 444 g/mol. The molecule has 5 N–H and O–H groups in total. The minimum atomic E-state index is -0.705. The van der Waals surface area contributed by atoms with Gasteiger partial charge in [0.2, 0.25) is 5.91 Å². The quantitative estimate of drug-likeness (QED) is 0.381. The van der Waals surface area contributed by atoms with Crippen molar-refractivity contribution >= 4 is 17.7 Å². The van der Waals surface area contributed by atoms with Gasteiger partial charge in [0, 0.05) is 42.4 Å². The molecule has 1 unspecified atom stereocenters. The summed E-state index contributed by atoms with van der Waals surface area (Å²) in [5.74, 6) is -1.38. The van der Waals surface area contributed by atoms with E-state index in [0.29, 0.717) is 19.7 Å². The van der Waals surface area contributed by atoms with Crippen molar-refractivity contribution in [2.45, 2.75) is 52.7 Å². The van der Waals surface area contributed by atoms with E-state index in [-0.39, 0.29) is 35.7 Å². The summed E-state index contributed by atoms with van der Waals surface area (Å²) in [6, 6.07) is 12.1. The molecule has 0 saturated carbocycles. The molecule has 0 heterocycles. The van der Waals surface area contributed by atoms with Crippen molar-refractivity contribution in [2.24, 2.45) is 11.5 Å². The van der Waals surface area contributed by atoms with Crippen LogP contribution in [0.15, 0.2) is 42.5 Å². The van der Waals surface area contributed by atoms with Gasteiger partial charge in [-0.1, -0.05) is 45.0 Å². The van der Waals surface area contributed by atoms with Crippen molar-refractivity contribution in [3.63, 3.8) is 0 Å². The van der Waals surface area contributed by atoms with Crippen molar-refractivity contribution in [1.29, 1.82) is 0 Å². The molecule has 0 aliphatic heterocycles. The first-order chi connectivity index (χ1) is 16.8. The van der Waals surface area contributed by atoms with Crippen LogP contribution in [-0.2, 0) is 17.8 Å². The predicted molar refractivity (Wildman–Crippen MR) is 137 cm³/mol. The second-order valence-corrected chi connectivity index (χ2v) is 8.61. The smallest absolute Gasteiger partial charge is 0.253 e. The number of hydrogen-bond donors (Lipinski definition) is 3. The van der Waals surface area contributed by atoms with Crippen LogP contribution in [0.4, 0.5) is 0 Å². The maximum atomic E-state index is 13.0. The molecule has 0 aliphatic rings. The number of carbonyl (C=O) groups excluding carboxylic acids is 3. The Labute approximate surface area is 208 Å². The van der Waals surface area contributed by atoms with Crippen LogP contribution in [0.5, 0.6) is 0 Å². The SMILES string of the molecule is CCCN(CCC)C(=O)c1cc(C(N)=O)cc(C(=O)NCC(N)COCc2cccc(CC)c2)c1. The summed E-state index contributed by atoms with van der Waals surface area (Å²) in [5.41, 5.74) is 14.4. The topological polar surface area (TPSA) is 128 Å². The highest BCUT2D eigenvalue weighted by Crippen LogP contribution is 2.14. The van der Waals surface area contributed by atoms with Gasteiger partial charge in [0.25, 0.3) is 11.8 Å². The van der Waals surface area contributed by atoms with Gasteiger partial charge in [-0.25, -0.2) is 0 Å². The Morgan fingerprint density at radius 3 is 2.20 bits per heavy atom. The molecule has 1 atom stereocenters. The van der Waals surface area contributed by atoms with Crippen molar-refractivity contribution < 1.29 is 19.1 Å². The van der Waals surface area contributed by atoms with E-state index in [1.807, 2.05) is 26.0 Å². The first kappa shape index (κ1) is 28.0. The van der Waals surface area contributed by atoms with E-state index in [9.17, 15) is 14.4 Å². The fourth-order valence-electron chi connectivity index (χ4n) is 3.71. The van der Waals surface area contributed by atoms with Gasteiger partial charge in [0.1, 0.15) is 0 Å². The first-order valence-corrected chi connectivity index (χ1v) is 12.2. The molecule has 0 saturated heterocycles. The maximum Gasteiger partial charge on any atom is 0.253 e. The predicted octanol–water partition coefficient (Wildman–Crippen LogP) is 2.88. The highest BCUT2D eigenvalue weighted by Gasteiger charge is 2.19. The summed E-state index contributed by atoms with van der Waals surface area (Å²) in [7, 11) is 0. The zero-order valence-electron chi connectivity index (χ0n) is 21.0. The summed E-state index contributed by atoms with van der Waals surface area (Å²) in [5, 5.41) is 2.76. The molecule has 190 valence electrons. The average molecular weight is 483 g/mol. The Balaban J connectivity index is 2.00. The molecule has 0 radical (unpaired) electrons. The number of benzene rings is 2. The monoisotopic (exact) mass is 482 g/mol.